The fraction of sp³-hybridized carbons (Fsp3) is 0.200. The molecule has 0 heterocycles. The number of nitrogen functional groups attached to an aromatic ring is 1. The van der Waals surface area contributed by atoms with Crippen LogP contribution < -0.4 is 11.1 Å². The molecule has 3 rings (SSSR count). The number of hydrogen-bond acceptors (Lipinski definition) is 2. The molecule has 92 valence electrons. The van der Waals surface area contributed by atoms with Crippen LogP contribution in [0.25, 0.3) is 0 Å². The van der Waals surface area contributed by atoms with E-state index in [-0.39, 0.29) is 0 Å². The molecule has 2 nitrogen and oxygen atoms in total. The van der Waals surface area contributed by atoms with Gasteiger partial charge in [-0.15, -0.1) is 0 Å². The zero-order valence-corrected chi connectivity index (χ0v) is 11.6. The van der Waals surface area contributed by atoms with Crippen molar-refractivity contribution in [2.75, 3.05) is 11.1 Å². The van der Waals surface area contributed by atoms with Crippen molar-refractivity contribution in [1.29, 1.82) is 0 Å². The van der Waals surface area contributed by atoms with Gasteiger partial charge < -0.3 is 11.1 Å². The van der Waals surface area contributed by atoms with Gasteiger partial charge in [0, 0.05) is 4.47 Å². The minimum absolute atomic E-state index is 0.373. The van der Waals surface area contributed by atoms with E-state index < -0.39 is 0 Å². The smallest absolute Gasteiger partial charge is 0.0590 e. The Hall–Kier alpha value is -1.48. The van der Waals surface area contributed by atoms with Crippen molar-refractivity contribution in [1.82, 2.24) is 0 Å². The fourth-order valence-corrected chi connectivity index (χ4v) is 2.91. The zero-order chi connectivity index (χ0) is 12.5. The van der Waals surface area contributed by atoms with Gasteiger partial charge in [0.05, 0.1) is 17.4 Å². The third kappa shape index (κ3) is 2.10. The van der Waals surface area contributed by atoms with Gasteiger partial charge in [0.15, 0.2) is 0 Å². The molecule has 0 bridgehead atoms. The zero-order valence-electron chi connectivity index (χ0n) is 9.99. The van der Waals surface area contributed by atoms with Crippen LogP contribution in [0.2, 0.25) is 0 Å². The van der Waals surface area contributed by atoms with Crippen molar-refractivity contribution in [2.24, 2.45) is 0 Å². The molecule has 2 aromatic carbocycles. The van der Waals surface area contributed by atoms with Crippen molar-refractivity contribution < 1.29 is 0 Å². The first-order chi connectivity index (χ1) is 8.74. The van der Waals surface area contributed by atoms with Gasteiger partial charge in [-0.25, -0.2) is 0 Å². The van der Waals surface area contributed by atoms with Gasteiger partial charge in [0.25, 0.3) is 0 Å². The van der Waals surface area contributed by atoms with E-state index in [1.54, 1.807) is 0 Å². The van der Waals surface area contributed by atoms with Crippen LogP contribution in [0.5, 0.6) is 0 Å². The second-order valence-electron chi connectivity index (χ2n) is 4.67. The Morgan fingerprint density at radius 1 is 1.17 bits per heavy atom. The summed E-state index contributed by atoms with van der Waals surface area (Å²) in [6, 6.07) is 14.9. The Morgan fingerprint density at radius 3 is 2.89 bits per heavy atom. The first-order valence-corrected chi connectivity index (χ1v) is 6.93. The van der Waals surface area contributed by atoms with Crippen LogP contribution in [0, 0.1) is 0 Å². The maximum atomic E-state index is 6.00. The van der Waals surface area contributed by atoms with Crippen molar-refractivity contribution >= 4 is 27.3 Å². The number of aryl methyl sites for hydroxylation is 1. The van der Waals surface area contributed by atoms with Crippen molar-refractivity contribution in [3.63, 3.8) is 0 Å². The van der Waals surface area contributed by atoms with Crippen molar-refractivity contribution in [3.8, 4) is 0 Å². The van der Waals surface area contributed by atoms with E-state index >= 15 is 0 Å². The number of nitrogens with two attached hydrogens (primary N) is 1. The molecule has 18 heavy (non-hydrogen) atoms. The highest BCUT2D eigenvalue weighted by Gasteiger charge is 2.22. The maximum absolute atomic E-state index is 6.00. The topological polar surface area (TPSA) is 38.0 Å². The van der Waals surface area contributed by atoms with Crippen LogP contribution >= 0.6 is 15.9 Å². The number of hydrogen-bond donors (Lipinski definition) is 2. The highest BCUT2D eigenvalue weighted by atomic mass is 79.9. The van der Waals surface area contributed by atoms with Crippen LogP contribution in [0.3, 0.4) is 0 Å². The molecule has 0 saturated heterocycles. The first-order valence-electron chi connectivity index (χ1n) is 6.13. The molecule has 3 N–H and O–H groups in total. The molecule has 0 aliphatic heterocycles. The number of rotatable bonds is 2. The maximum Gasteiger partial charge on any atom is 0.0590 e. The van der Waals surface area contributed by atoms with E-state index in [1.165, 1.54) is 11.1 Å². The van der Waals surface area contributed by atoms with E-state index in [0.717, 1.165) is 28.7 Å². The monoisotopic (exact) mass is 302 g/mol. The minimum Gasteiger partial charge on any atom is -0.397 e. The van der Waals surface area contributed by atoms with E-state index in [0.29, 0.717) is 6.04 Å². The van der Waals surface area contributed by atoms with Crippen LogP contribution in [0.15, 0.2) is 46.9 Å². The predicted octanol–water partition coefficient (Wildman–Crippen LogP) is 4.13. The molecular formula is C15H15BrN2. The molecule has 2 aromatic rings. The van der Waals surface area contributed by atoms with E-state index in [2.05, 4.69) is 45.5 Å². The lowest BCUT2D eigenvalue weighted by Crippen LogP contribution is -2.08. The third-order valence-electron chi connectivity index (χ3n) is 3.48. The lowest BCUT2D eigenvalue weighted by atomic mass is 10.1. The third-order valence-corrected chi connectivity index (χ3v) is 3.97. The summed E-state index contributed by atoms with van der Waals surface area (Å²) in [6.45, 7) is 0. The number of fused-ring (bicyclic) bond motifs is 1. The number of halogens is 1. The van der Waals surface area contributed by atoms with Crippen molar-refractivity contribution in [3.05, 3.63) is 58.1 Å². The molecule has 0 aromatic heterocycles. The molecule has 1 atom stereocenters. The van der Waals surface area contributed by atoms with E-state index in [9.17, 15) is 0 Å². The second kappa shape index (κ2) is 4.65. The quantitative estimate of drug-likeness (QED) is 0.819. The van der Waals surface area contributed by atoms with Gasteiger partial charge in [0.1, 0.15) is 0 Å². The summed E-state index contributed by atoms with van der Waals surface area (Å²) in [5, 5.41) is 3.55. The Labute approximate surface area is 115 Å². The average molecular weight is 303 g/mol. The molecule has 0 amide bonds. The van der Waals surface area contributed by atoms with E-state index in [1.807, 2.05) is 18.2 Å². The van der Waals surface area contributed by atoms with Gasteiger partial charge in [-0.05, 0) is 42.2 Å². The molecule has 1 unspecified atom stereocenters. The molecule has 0 radical (unpaired) electrons. The molecule has 0 saturated carbocycles. The Balaban J connectivity index is 1.88. The Bertz CT molecular complexity index is 580. The van der Waals surface area contributed by atoms with Gasteiger partial charge in [0.2, 0.25) is 0 Å². The minimum atomic E-state index is 0.373. The molecule has 1 aliphatic rings. The highest BCUT2D eigenvalue weighted by Crippen LogP contribution is 2.35. The normalized spacial score (nSPS) is 17.5. The molecule has 0 spiro atoms. The predicted molar refractivity (Wildman–Crippen MR) is 79.7 cm³/mol. The molecule has 1 aliphatic carbocycles. The number of nitrogens with one attached hydrogen (secondary N) is 1. The fourth-order valence-electron chi connectivity index (χ4n) is 2.55. The first kappa shape index (κ1) is 11.6. The molecule has 0 fully saturated rings. The summed E-state index contributed by atoms with van der Waals surface area (Å²) in [5.41, 5.74) is 10.7. The second-order valence-corrected chi connectivity index (χ2v) is 5.58. The average Bonchev–Trinajstić information content (AvgIpc) is 2.78. The standard InChI is InChI=1S/C15H15BrN2/c16-11-6-7-13(17)15(9-11)18-14-8-5-10-3-1-2-4-12(10)14/h1-4,6-7,9,14,18H,5,8,17H2. The summed E-state index contributed by atoms with van der Waals surface area (Å²) in [6.07, 6.45) is 2.27. The van der Waals surface area contributed by atoms with Crippen LogP contribution in [0.4, 0.5) is 11.4 Å². The van der Waals surface area contributed by atoms with Crippen molar-refractivity contribution in [2.45, 2.75) is 18.9 Å². The van der Waals surface area contributed by atoms with Gasteiger partial charge in [-0.3, -0.25) is 0 Å². The lowest BCUT2D eigenvalue weighted by molar-refractivity contribution is 0.762. The summed E-state index contributed by atoms with van der Waals surface area (Å²) in [5.74, 6) is 0. The lowest BCUT2D eigenvalue weighted by Gasteiger charge is -2.17. The SMILES string of the molecule is Nc1ccc(Br)cc1NC1CCc2ccccc21. The van der Waals surface area contributed by atoms with Gasteiger partial charge in [-0.1, -0.05) is 40.2 Å². The summed E-state index contributed by atoms with van der Waals surface area (Å²) in [7, 11) is 0. The highest BCUT2D eigenvalue weighted by molar-refractivity contribution is 9.10. The van der Waals surface area contributed by atoms with E-state index in [4.69, 9.17) is 5.73 Å². The molecule has 3 heteroatoms. The summed E-state index contributed by atoms with van der Waals surface area (Å²) < 4.78 is 1.05. The summed E-state index contributed by atoms with van der Waals surface area (Å²) in [4.78, 5) is 0. The molecular weight excluding hydrogens is 288 g/mol. The van der Waals surface area contributed by atoms with Gasteiger partial charge in [-0.2, -0.15) is 0 Å². The summed E-state index contributed by atoms with van der Waals surface area (Å²) >= 11 is 3.48. The van der Waals surface area contributed by atoms with Gasteiger partial charge >= 0.3 is 0 Å². The largest absolute Gasteiger partial charge is 0.397 e. The number of anilines is 2. The Morgan fingerprint density at radius 2 is 2.00 bits per heavy atom. The van der Waals surface area contributed by atoms with Crippen LogP contribution in [-0.2, 0) is 6.42 Å². The Kier molecular flexibility index (Phi) is 3.00. The van der Waals surface area contributed by atoms with Crippen LogP contribution in [0.1, 0.15) is 23.6 Å². The van der Waals surface area contributed by atoms with Crippen LogP contribution in [-0.4, -0.2) is 0 Å². The number of benzene rings is 2.